The highest BCUT2D eigenvalue weighted by molar-refractivity contribution is 5.24. The number of rotatable bonds is 6. The van der Waals surface area contributed by atoms with Gasteiger partial charge in [0.15, 0.2) is 0 Å². The molecule has 0 amide bonds. The van der Waals surface area contributed by atoms with E-state index in [9.17, 15) is 0 Å². The van der Waals surface area contributed by atoms with E-state index in [1.165, 1.54) is 43.2 Å². The summed E-state index contributed by atoms with van der Waals surface area (Å²) < 4.78 is 5.75. The van der Waals surface area contributed by atoms with E-state index in [1.54, 1.807) is 0 Å². The van der Waals surface area contributed by atoms with E-state index in [4.69, 9.17) is 4.74 Å². The average Bonchev–Trinajstić information content (AvgIpc) is 2.47. The van der Waals surface area contributed by atoms with Gasteiger partial charge in [0.1, 0.15) is 0 Å². The van der Waals surface area contributed by atoms with Gasteiger partial charge in [-0.1, -0.05) is 37.6 Å². The van der Waals surface area contributed by atoms with Crippen LogP contribution in [-0.4, -0.2) is 19.3 Å². The molecule has 0 radical (unpaired) electrons. The second kappa shape index (κ2) is 7.66. The molecule has 2 unspecified atom stereocenters. The topological polar surface area (TPSA) is 21.3 Å². The SMILES string of the molecule is CCCc1ccc(C(C)NCC2CCCCO2)cc1. The predicted molar refractivity (Wildman–Crippen MR) is 80.4 cm³/mol. The van der Waals surface area contributed by atoms with Gasteiger partial charge in [-0.15, -0.1) is 0 Å². The third-order valence-electron chi connectivity index (χ3n) is 3.94. The Hall–Kier alpha value is -0.860. The van der Waals surface area contributed by atoms with Gasteiger partial charge in [-0.3, -0.25) is 0 Å². The predicted octanol–water partition coefficient (Wildman–Crippen LogP) is 3.86. The van der Waals surface area contributed by atoms with Crippen LogP contribution in [-0.2, 0) is 11.2 Å². The highest BCUT2D eigenvalue weighted by Gasteiger charge is 2.14. The quantitative estimate of drug-likeness (QED) is 0.839. The fourth-order valence-electron chi connectivity index (χ4n) is 2.66. The van der Waals surface area contributed by atoms with Gasteiger partial charge < -0.3 is 10.1 Å². The average molecular weight is 261 g/mol. The van der Waals surface area contributed by atoms with Crippen LogP contribution in [0.5, 0.6) is 0 Å². The first-order valence-corrected chi connectivity index (χ1v) is 7.73. The largest absolute Gasteiger partial charge is 0.377 e. The van der Waals surface area contributed by atoms with E-state index in [-0.39, 0.29) is 0 Å². The number of aryl methyl sites for hydroxylation is 1. The second-order valence-electron chi connectivity index (χ2n) is 5.61. The van der Waals surface area contributed by atoms with E-state index < -0.39 is 0 Å². The maximum Gasteiger partial charge on any atom is 0.0699 e. The van der Waals surface area contributed by atoms with Gasteiger partial charge in [-0.25, -0.2) is 0 Å². The third kappa shape index (κ3) is 4.63. The molecular formula is C17H27NO. The van der Waals surface area contributed by atoms with Gasteiger partial charge in [0.2, 0.25) is 0 Å². The summed E-state index contributed by atoms with van der Waals surface area (Å²) in [6.45, 7) is 6.37. The van der Waals surface area contributed by atoms with E-state index in [1.807, 2.05) is 0 Å². The van der Waals surface area contributed by atoms with Crippen molar-refractivity contribution in [3.05, 3.63) is 35.4 Å². The lowest BCUT2D eigenvalue weighted by Crippen LogP contribution is -2.33. The van der Waals surface area contributed by atoms with Crippen molar-refractivity contribution in [1.82, 2.24) is 5.32 Å². The highest BCUT2D eigenvalue weighted by Crippen LogP contribution is 2.16. The van der Waals surface area contributed by atoms with Gasteiger partial charge >= 0.3 is 0 Å². The van der Waals surface area contributed by atoms with Crippen molar-refractivity contribution in [3.8, 4) is 0 Å². The Labute approximate surface area is 117 Å². The van der Waals surface area contributed by atoms with E-state index in [0.29, 0.717) is 12.1 Å². The molecular weight excluding hydrogens is 234 g/mol. The maximum absolute atomic E-state index is 5.75. The van der Waals surface area contributed by atoms with Crippen LogP contribution in [0.15, 0.2) is 24.3 Å². The van der Waals surface area contributed by atoms with Gasteiger partial charge in [0.05, 0.1) is 6.10 Å². The first-order chi connectivity index (χ1) is 9.29. The van der Waals surface area contributed by atoms with Crippen LogP contribution >= 0.6 is 0 Å². The third-order valence-corrected chi connectivity index (χ3v) is 3.94. The summed E-state index contributed by atoms with van der Waals surface area (Å²) in [6, 6.07) is 9.43. The minimum atomic E-state index is 0.404. The van der Waals surface area contributed by atoms with Crippen LogP contribution < -0.4 is 5.32 Å². The van der Waals surface area contributed by atoms with E-state index >= 15 is 0 Å². The normalized spacial score (nSPS) is 21.3. The molecule has 0 spiro atoms. The van der Waals surface area contributed by atoms with Crippen LogP contribution in [0.4, 0.5) is 0 Å². The zero-order chi connectivity index (χ0) is 13.5. The molecule has 106 valence electrons. The maximum atomic E-state index is 5.75. The fraction of sp³-hybridized carbons (Fsp3) is 0.647. The summed E-state index contributed by atoms with van der Waals surface area (Å²) in [5.74, 6) is 0. The first kappa shape index (κ1) is 14.5. The Balaban J connectivity index is 1.79. The van der Waals surface area contributed by atoms with E-state index in [2.05, 4.69) is 43.4 Å². The monoisotopic (exact) mass is 261 g/mol. The Kier molecular flexibility index (Phi) is 5.87. The Morgan fingerprint density at radius 1 is 1.26 bits per heavy atom. The molecule has 1 fully saturated rings. The molecule has 2 atom stereocenters. The summed E-state index contributed by atoms with van der Waals surface area (Å²) in [5.41, 5.74) is 2.81. The van der Waals surface area contributed by atoms with Gasteiger partial charge in [-0.05, 0) is 43.7 Å². The molecule has 0 bridgehead atoms. The zero-order valence-electron chi connectivity index (χ0n) is 12.3. The molecule has 0 saturated carbocycles. The molecule has 1 saturated heterocycles. The summed E-state index contributed by atoms with van der Waals surface area (Å²) in [4.78, 5) is 0. The molecule has 1 aliphatic rings. The number of hydrogen-bond donors (Lipinski definition) is 1. The minimum Gasteiger partial charge on any atom is -0.377 e. The summed E-state index contributed by atoms with van der Waals surface area (Å²) in [7, 11) is 0. The van der Waals surface area contributed by atoms with Crippen molar-refractivity contribution in [2.75, 3.05) is 13.2 Å². The minimum absolute atomic E-state index is 0.404. The lowest BCUT2D eigenvalue weighted by molar-refractivity contribution is 0.0156. The first-order valence-electron chi connectivity index (χ1n) is 7.73. The molecule has 1 aromatic carbocycles. The van der Waals surface area contributed by atoms with Gasteiger partial charge in [-0.2, -0.15) is 0 Å². The van der Waals surface area contributed by atoms with Crippen molar-refractivity contribution >= 4 is 0 Å². The Bertz CT molecular complexity index is 354. The van der Waals surface area contributed by atoms with Crippen LogP contribution in [0.2, 0.25) is 0 Å². The Morgan fingerprint density at radius 3 is 2.68 bits per heavy atom. The zero-order valence-corrected chi connectivity index (χ0v) is 12.3. The standard InChI is InChI=1S/C17H27NO/c1-3-6-15-8-10-16(11-9-15)14(2)18-13-17-7-4-5-12-19-17/h8-11,14,17-18H,3-7,12-13H2,1-2H3. The molecule has 0 aliphatic carbocycles. The fourth-order valence-corrected chi connectivity index (χ4v) is 2.66. The molecule has 19 heavy (non-hydrogen) atoms. The number of hydrogen-bond acceptors (Lipinski definition) is 2. The second-order valence-corrected chi connectivity index (χ2v) is 5.61. The number of nitrogens with one attached hydrogen (secondary N) is 1. The lowest BCUT2D eigenvalue weighted by atomic mass is 10.0. The summed E-state index contributed by atoms with van der Waals surface area (Å²) in [6.07, 6.45) is 6.55. The summed E-state index contributed by atoms with van der Waals surface area (Å²) >= 11 is 0. The smallest absolute Gasteiger partial charge is 0.0699 e. The molecule has 0 aromatic heterocycles. The molecule has 2 rings (SSSR count). The van der Waals surface area contributed by atoms with Crippen LogP contribution in [0, 0.1) is 0 Å². The molecule has 1 aromatic rings. The Morgan fingerprint density at radius 2 is 2.05 bits per heavy atom. The van der Waals surface area contributed by atoms with Crippen LogP contribution in [0.3, 0.4) is 0 Å². The van der Waals surface area contributed by atoms with Crippen LogP contribution in [0.1, 0.15) is 56.7 Å². The van der Waals surface area contributed by atoms with Crippen molar-refractivity contribution < 1.29 is 4.74 Å². The number of ether oxygens (including phenoxy) is 1. The number of benzene rings is 1. The van der Waals surface area contributed by atoms with Crippen molar-refractivity contribution in [2.24, 2.45) is 0 Å². The summed E-state index contributed by atoms with van der Waals surface area (Å²) in [5, 5.41) is 3.60. The molecule has 2 heteroatoms. The lowest BCUT2D eigenvalue weighted by Gasteiger charge is -2.25. The van der Waals surface area contributed by atoms with Gasteiger partial charge in [0.25, 0.3) is 0 Å². The molecule has 1 aliphatic heterocycles. The van der Waals surface area contributed by atoms with Crippen LogP contribution in [0.25, 0.3) is 0 Å². The molecule has 1 N–H and O–H groups in total. The highest BCUT2D eigenvalue weighted by atomic mass is 16.5. The van der Waals surface area contributed by atoms with Crippen molar-refractivity contribution in [1.29, 1.82) is 0 Å². The van der Waals surface area contributed by atoms with E-state index in [0.717, 1.165) is 13.2 Å². The van der Waals surface area contributed by atoms with Crippen molar-refractivity contribution in [3.63, 3.8) is 0 Å². The molecule has 1 heterocycles. The molecule has 2 nitrogen and oxygen atoms in total. The van der Waals surface area contributed by atoms with Gasteiger partial charge in [0, 0.05) is 19.2 Å². The van der Waals surface area contributed by atoms with Crippen molar-refractivity contribution in [2.45, 2.75) is 58.1 Å².